The van der Waals surface area contributed by atoms with E-state index in [2.05, 4.69) is 0 Å². The van der Waals surface area contributed by atoms with E-state index in [1.807, 2.05) is 42.9 Å². The van der Waals surface area contributed by atoms with Gasteiger partial charge in [-0.15, -0.1) is 0 Å². The van der Waals surface area contributed by atoms with Crippen molar-refractivity contribution in [3.8, 4) is 0 Å². The first kappa shape index (κ1) is 16.5. The number of fused-ring (bicyclic) bond motifs is 2. The minimum absolute atomic E-state index is 0.156. The van der Waals surface area contributed by atoms with Crippen LogP contribution in [-0.2, 0) is 9.84 Å². The second kappa shape index (κ2) is 5.62. The average Bonchev–Trinajstić information content (AvgIpc) is 3.00. The number of nitrogens with zero attached hydrogens (tertiary/aromatic N) is 1. The Hall–Kier alpha value is -1.37. The zero-order chi connectivity index (χ0) is 16.8. The third-order valence-electron chi connectivity index (χ3n) is 4.75. The Morgan fingerprint density at radius 3 is 2.52 bits per heavy atom. The quantitative estimate of drug-likeness (QED) is 0.665. The highest BCUT2D eigenvalue weighted by Crippen LogP contribution is 2.48. The fourth-order valence-electron chi connectivity index (χ4n) is 3.81. The summed E-state index contributed by atoms with van der Waals surface area (Å²) in [6.07, 6.45) is 7.23. The summed E-state index contributed by atoms with van der Waals surface area (Å²) in [4.78, 5) is 2.61. The standard InChI is InChI=1S/C17H22BNO3S/c1-4-10-17-11-9-14(19(17)18(3)20)12-16(17)23(21,22)15-7-5-13(2)6-8-15/h5-9,11-12,14,20H,4,10H2,1-3H3. The van der Waals surface area contributed by atoms with E-state index < -0.39 is 22.4 Å². The number of rotatable bonds is 5. The molecular formula is C17H22BNO3S. The lowest BCUT2D eigenvalue weighted by Gasteiger charge is -2.37. The van der Waals surface area contributed by atoms with E-state index in [-0.39, 0.29) is 6.04 Å². The van der Waals surface area contributed by atoms with Gasteiger partial charge in [-0.2, -0.15) is 0 Å². The van der Waals surface area contributed by atoms with E-state index in [9.17, 15) is 13.4 Å². The van der Waals surface area contributed by atoms with Crippen molar-refractivity contribution >= 4 is 16.9 Å². The number of benzene rings is 1. The van der Waals surface area contributed by atoms with Gasteiger partial charge in [0.1, 0.15) is 0 Å². The molecule has 0 radical (unpaired) electrons. The van der Waals surface area contributed by atoms with Crippen LogP contribution < -0.4 is 0 Å². The minimum Gasteiger partial charge on any atom is -0.437 e. The smallest absolute Gasteiger partial charge is 0.378 e. The van der Waals surface area contributed by atoms with Crippen LogP contribution in [0.2, 0.25) is 6.82 Å². The van der Waals surface area contributed by atoms with Crippen molar-refractivity contribution in [2.45, 2.75) is 50.0 Å². The van der Waals surface area contributed by atoms with E-state index in [0.717, 1.165) is 12.0 Å². The van der Waals surface area contributed by atoms with Crippen molar-refractivity contribution in [2.75, 3.05) is 0 Å². The molecule has 2 atom stereocenters. The summed E-state index contributed by atoms with van der Waals surface area (Å²) in [6, 6.07) is 6.79. The number of hydrogen-bond acceptors (Lipinski definition) is 4. The first-order valence-electron chi connectivity index (χ1n) is 8.03. The van der Waals surface area contributed by atoms with Crippen molar-refractivity contribution in [1.82, 2.24) is 4.81 Å². The SMILES string of the molecule is CCCC12C=CC(C=C1S(=O)(=O)c1ccc(C)cc1)N2B(C)O. The molecule has 2 bridgehead atoms. The van der Waals surface area contributed by atoms with Gasteiger partial charge in [0.05, 0.1) is 15.3 Å². The summed E-state index contributed by atoms with van der Waals surface area (Å²) in [6.45, 7) is 5.66. The molecule has 2 unspecified atom stereocenters. The number of aryl methyl sites for hydroxylation is 1. The van der Waals surface area contributed by atoms with Crippen LogP contribution in [0.5, 0.6) is 0 Å². The van der Waals surface area contributed by atoms with Gasteiger partial charge in [0, 0.05) is 6.04 Å². The van der Waals surface area contributed by atoms with Gasteiger partial charge >= 0.3 is 7.05 Å². The van der Waals surface area contributed by atoms with Gasteiger partial charge in [0.2, 0.25) is 9.84 Å². The van der Waals surface area contributed by atoms with Crippen LogP contribution >= 0.6 is 0 Å². The molecule has 0 spiro atoms. The molecule has 122 valence electrons. The average molecular weight is 331 g/mol. The van der Waals surface area contributed by atoms with Gasteiger partial charge in [-0.3, -0.25) is 4.81 Å². The fourth-order valence-corrected chi connectivity index (χ4v) is 5.62. The maximum Gasteiger partial charge on any atom is 0.378 e. The summed E-state index contributed by atoms with van der Waals surface area (Å²) in [5.74, 6) is 0. The van der Waals surface area contributed by atoms with Crippen molar-refractivity contribution in [3.05, 3.63) is 53.0 Å². The van der Waals surface area contributed by atoms with Gasteiger partial charge in [0.15, 0.2) is 0 Å². The summed E-state index contributed by atoms with van der Waals surface area (Å²) in [5, 5.41) is 10.2. The van der Waals surface area contributed by atoms with E-state index in [1.54, 1.807) is 25.0 Å². The van der Waals surface area contributed by atoms with Crippen molar-refractivity contribution in [2.24, 2.45) is 0 Å². The molecule has 0 saturated carbocycles. The lowest BCUT2D eigenvalue weighted by molar-refractivity contribution is 0.270. The highest BCUT2D eigenvalue weighted by Gasteiger charge is 2.55. The molecule has 2 aliphatic heterocycles. The zero-order valence-corrected chi connectivity index (χ0v) is 14.5. The van der Waals surface area contributed by atoms with Gasteiger partial charge in [0.25, 0.3) is 0 Å². The predicted molar refractivity (Wildman–Crippen MR) is 92.7 cm³/mol. The largest absolute Gasteiger partial charge is 0.437 e. The van der Waals surface area contributed by atoms with Gasteiger partial charge in [-0.25, -0.2) is 8.42 Å². The van der Waals surface area contributed by atoms with Crippen LogP contribution in [0, 0.1) is 6.92 Å². The van der Waals surface area contributed by atoms with E-state index in [4.69, 9.17) is 0 Å². The Morgan fingerprint density at radius 1 is 1.30 bits per heavy atom. The lowest BCUT2D eigenvalue weighted by Crippen LogP contribution is -2.52. The fraction of sp³-hybridized carbons (Fsp3) is 0.412. The Bertz CT molecular complexity index is 768. The zero-order valence-electron chi connectivity index (χ0n) is 13.7. The molecule has 0 aromatic heterocycles. The third-order valence-corrected chi connectivity index (χ3v) is 6.72. The molecule has 1 aromatic carbocycles. The molecule has 1 N–H and O–H groups in total. The Morgan fingerprint density at radius 2 is 1.96 bits per heavy atom. The highest BCUT2D eigenvalue weighted by molar-refractivity contribution is 7.95. The second-order valence-corrected chi connectivity index (χ2v) is 8.33. The van der Waals surface area contributed by atoms with Crippen LogP contribution in [0.4, 0.5) is 0 Å². The van der Waals surface area contributed by atoms with Crippen LogP contribution in [0.1, 0.15) is 25.3 Å². The van der Waals surface area contributed by atoms with Gasteiger partial charge in [-0.1, -0.05) is 43.2 Å². The number of hydrogen-bond donors (Lipinski definition) is 1. The van der Waals surface area contributed by atoms with Crippen molar-refractivity contribution in [1.29, 1.82) is 0 Å². The van der Waals surface area contributed by atoms with E-state index >= 15 is 0 Å². The lowest BCUT2D eigenvalue weighted by atomic mass is 9.78. The molecule has 2 heterocycles. The van der Waals surface area contributed by atoms with E-state index in [0.29, 0.717) is 16.2 Å². The highest BCUT2D eigenvalue weighted by atomic mass is 32.2. The maximum absolute atomic E-state index is 13.2. The van der Waals surface area contributed by atoms with Gasteiger partial charge in [-0.05, 0) is 38.4 Å². The predicted octanol–water partition coefficient (Wildman–Crippen LogP) is 2.56. The molecule has 1 aromatic rings. The second-order valence-electron chi connectivity index (χ2n) is 6.41. The van der Waals surface area contributed by atoms with Crippen LogP contribution in [-0.4, -0.2) is 36.9 Å². The molecule has 4 nitrogen and oxygen atoms in total. The normalized spacial score (nSPS) is 26.6. The number of sulfone groups is 1. The van der Waals surface area contributed by atoms with Crippen molar-refractivity contribution < 1.29 is 13.4 Å². The summed E-state index contributed by atoms with van der Waals surface area (Å²) < 4.78 is 26.3. The van der Waals surface area contributed by atoms with E-state index in [1.165, 1.54) is 0 Å². The molecule has 0 fully saturated rings. The van der Waals surface area contributed by atoms with Gasteiger partial charge < -0.3 is 5.02 Å². The summed E-state index contributed by atoms with van der Waals surface area (Å²) in [5.41, 5.74) is 0.303. The molecule has 0 amide bonds. The molecule has 0 aliphatic carbocycles. The van der Waals surface area contributed by atoms with Crippen molar-refractivity contribution in [3.63, 3.8) is 0 Å². The topological polar surface area (TPSA) is 57.6 Å². The summed E-state index contributed by atoms with van der Waals surface area (Å²) >= 11 is 0. The molecule has 2 aliphatic rings. The third kappa shape index (κ3) is 2.40. The molecule has 23 heavy (non-hydrogen) atoms. The van der Waals surface area contributed by atoms with Crippen LogP contribution in [0.15, 0.2) is 52.3 Å². The first-order valence-corrected chi connectivity index (χ1v) is 9.51. The monoisotopic (exact) mass is 331 g/mol. The minimum atomic E-state index is -3.58. The molecule has 0 saturated heterocycles. The van der Waals surface area contributed by atoms with Crippen LogP contribution in [0.3, 0.4) is 0 Å². The molecule has 3 rings (SSSR count). The molecular weight excluding hydrogens is 309 g/mol. The Labute approximate surface area is 138 Å². The Balaban J connectivity index is 2.09. The molecule has 6 heteroatoms. The first-order chi connectivity index (χ1) is 10.8. The Kier molecular flexibility index (Phi) is 4.03. The van der Waals surface area contributed by atoms with Crippen LogP contribution in [0.25, 0.3) is 0 Å². The maximum atomic E-state index is 13.2. The summed E-state index contributed by atoms with van der Waals surface area (Å²) in [7, 11) is -4.28.